The quantitative estimate of drug-likeness (QED) is 0.781. The summed E-state index contributed by atoms with van der Waals surface area (Å²) in [5.41, 5.74) is 1.34. The summed E-state index contributed by atoms with van der Waals surface area (Å²) in [5.74, 6) is 1.80. The highest BCUT2D eigenvalue weighted by Gasteiger charge is 2.28. The summed E-state index contributed by atoms with van der Waals surface area (Å²) in [4.78, 5) is 8.51. The summed E-state index contributed by atoms with van der Waals surface area (Å²) in [6.07, 6.45) is 6.64. The molecule has 3 nitrogen and oxygen atoms in total. The van der Waals surface area contributed by atoms with Crippen LogP contribution >= 0.6 is 11.6 Å². The first-order valence-electron chi connectivity index (χ1n) is 6.55. The van der Waals surface area contributed by atoms with Gasteiger partial charge in [-0.15, -0.1) is 11.6 Å². The van der Waals surface area contributed by atoms with Gasteiger partial charge in [0.15, 0.2) is 0 Å². The molecule has 100 valence electrons. The zero-order valence-corrected chi connectivity index (χ0v) is 12.1. The van der Waals surface area contributed by atoms with E-state index in [1.807, 2.05) is 6.92 Å². The van der Waals surface area contributed by atoms with Gasteiger partial charge in [0.05, 0.1) is 5.88 Å². The molecule has 1 aliphatic rings. The van der Waals surface area contributed by atoms with Gasteiger partial charge in [-0.25, -0.2) is 4.98 Å². The van der Waals surface area contributed by atoms with Crippen molar-refractivity contribution in [3.8, 4) is 5.88 Å². The molecule has 0 saturated heterocycles. The van der Waals surface area contributed by atoms with Crippen LogP contribution in [0.5, 0.6) is 5.88 Å². The van der Waals surface area contributed by atoms with Crippen LogP contribution in [0, 0.1) is 12.3 Å². The first-order valence-corrected chi connectivity index (χ1v) is 7.09. The molecule has 0 unspecified atom stereocenters. The van der Waals surface area contributed by atoms with Crippen LogP contribution in [-0.4, -0.2) is 16.1 Å². The van der Waals surface area contributed by atoms with Crippen LogP contribution in [-0.2, 0) is 5.88 Å². The molecule has 1 aromatic heterocycles. The minimum absolute atomic E-state index is 0.272. The van der Waals surface area contributed by atoms with Gasteiger partial charge in [0.25, 0.3) is 0 Å². The van der Waals surface area contributed by atoms with E-state index in [2.05, 4.69) is 23.8 Å². The highest BCUT2D eigenvalue weighted by atomic mass is 35.5. The molecule has 0 spiro atoms. The highest BCUT2D eigenvalue weighted by molar-refractivity contribution is 6.17. The van der Waals surface area contributed by atoms with Crippen LogP contribution < -0.4 is 4.74 Å². The molecule has 0 amide bonds. The van der Waals surface area contributed by atoms with E-state index in [1.54, 1.807) is 6.20 Å². The van der Waals surface area contributed by atoms with Crippen LogP contribution in [0.1, 0.15) is 50.9 Å². The van der Waals surface area contributed by atoms with Gasteiger partial charge in [0.2, 0.25) is 5.88 Å². The van der Waals surface area contributed by atoms with Gasteiger partial charge >= 0.3 is 0 Å². The lowest BCUT2D eigenvalue weighted by Gasteiger charge is -2.34. The lowest BCUT2D eigenvalue weighted by molar-refractivity contribution is 0.0939. The third kappa shape index (κ3) is 3.35. The number of aromatic nitrogens is 2. The second kappa shape index (κ2) is 5.43. The molecule has 0 radical (unpaired) electrons. The van der Waals surface area contributed by atoms with Crippen molar-refractivity contribution in [3.63, 3.8) is 0 Å². The Morgan fingerprint density at radius 2 is 2.06 bits per heavy atom. The third-order valence-electron chi connectivity index (χ3n) is 3.65. The van der Waals surface area contributed by atoms with E-state index in [4.69, 9.17) is 16.3 Å². The topological polar surface area (TPSA) is 35.0 Å². The van der Waals surface area contributed by atoms with Gasteiger partial charge in [0.1, 0.15) is 11.9 Å². The average molecular weight is 269 g/mol. The summed E-state index contributed by atoms with van der Waals surface area (Å²) in [7, 11) is 0. The number of ether oxygens (including phenoxy) is 1. The van der Waals surface area contributed by atoms with Crippen molar-refractivity contribution in [3.05, 3.63) is 17.6 Å². The molecule has 2 rings (SSSR count). The van der Waals surface area contributed by atoms with Crippen LogP contribution in [0.4, 0.5) is 0 Å². The van der Waals surface area contributed by atoms with Gasteiger partial charge in [-0.05, 0) is 38.0 Å². The molecule has 1 fully saturated rings. The molecule has 1 heterocycles. The third-order valence-corrected chi connectivity index (χ3v) is 3.94. The summed E-state index contributed by atoms with van der Waals surface area (Å²) >= 11 is 5.89. The maximum atomic E-state index is 6.02. The minimum atomic E-state index is 0.272. The van der Waals surface area contributed by atoms with Gasteiger partial charge in [0, 0.05) is 11.8 Å². The molecule has 0 bridgehead atoms. The lowest BCUT2D eigenvalue weighted by Crippen LogP contribution is -2.29. The van der Waals surface area contributed by atoms with Crippen molar-refractivity contribution in [2.45, 2.75) is 58.4 Å². The standard InChI is InChI=1S/C14H21ClN2O/c1-10-16-9-11(8-15)13(17-10)18-12-4-6-14(2,3)7-5-12/h9,12H,4-8H2,1-3H3. The van der Waals surface area contributed by atoms with Crippen LogP contribution in [0.15, 0.2) is 6.20 Å². The Balaban J connectivity index is 2.04. The zero-order valence-electron chi connectivity index (χ0n) is 11.4. The fourth-order valence-corrected chi connectivity index (χ4v) is 2.50. The van der Waals surface area contributed by atoms with Crippen molar-refractivity contribution < 1.29 is 4.74 Å². The molecule has 0 atom stereocenters. The summed E-state index contributed by atoms with van der Waals surface area (Å²) in [6, 6.07) is 0. The summed E-state index contributed by atoms with van der Waals surface area (Å²) < 4.78 is 6.02. The van der Waals surface area contributed by atoms with E-state index < -0.39 is 0 Å². The Kier molecular flexibility index (Phi) is 4.10. The average Bonchev–Trinajstić information content (AvgIpc) is 2.32. The number of aryl methyl sites for hydroxylation is 1. The van der Waals surface area contributed by atoms with Crippen molar-refractivity contribution in [2.75, 3.05) is 0 Å². The second-order valence-electron chi connectivity index (χ2n) is 5.86. The van der Waals surface area contributed by atoms with E-state index in [0.717, 1.165) is 24.2 Å². The molecular formula is C14H21ClN2O. The molecule has 0 N–H and O–H groups in total. The molecule has 4 heteroatoms. The van der Waals surface area contributed by atoms with Crippen LogP contribution in [0.3, 0.4) is 0 Å². The lowest BCUT2D eigenvalue weighted by atomic mass is 9.76. The Hall–Kier alpha value is -0.830. The van der Waals surface area contributed by atoms with Gasteiger partial charge < -0.3 is 4.74 Å². The molecule has 1 aromatic rings. The van der Waals surface area contributed by atoms with Gasteiger partial charge in [-0.1, -0.05) is 13.8 Å². The van der Waals surface area contributed by atoms with E-state index in [9.17, 15) is 0 Å². The van der Waals surface area contributed by atoms with Crippen molar-refractivity contribution in [2.24, 2.45) is 5.41 Å². The fraction of sp³-hybridized carbons (Fsp3) is 0.714. The number of hydrogen-bond acceptors (Lipinski definition) is 3. The molecular weight excluding hydrogens is 248 g/mol. The first-order chi connectivity index (χ1) is 8.50. The highest BCUT2D eigenvalue weighted by Crippen LogP contribution is 2.36. The molecule has 1 saturated carbocycles. The Morgan fingerprint density at radius 1 is 1.39 bits per heavy atom. The monoisotopic (exact) mass is 268 g/mol. The summed E-state index contributed by atoms with van der Waals surface area (Å²) in [6.45, 7) is 6.51. The predicted molar refractivity (Wildman–Crippen MR) is 73.0 cm³/mol. The van der Waals surface area contributed by atoms with Gasteiger partial charge in [-0.3, -0.25) is 0 Å². The first kappa shape index (κ1) is 13.6. The van der Waals surface area contributed by atoms with E-state index in [-0.39, 0.29) is 6.10 Å². The number of alkyl halides is 1. The Labute approximate surface area is 114 Å². The van der Waals surface area contributed by atoms with Crippen molar-refractivity contribution in [1.82, 2.24) is 9.97 Å². The minimum Gasteiger partial charge on any atom is -0.474 e. The van der Waals surface area contributed by atoms with Crippen LogP contribution in [0.25, 0.3) is 0 Å². The normalized spacial score (nSPS) is 19.8. The zero-order chi connectivity index (χ0) is 13.2. The van der Waals surface area contributed by atoms with E-state index >= 15 is 0 Å². The molecule has 18 heavy (non-hydrogen) atoms. The molecule has 0 aromatic carbocycles. The molecule has 1 aliphatic carbocycles. The van der Waals surface area contributed by atoms with E-state index in [1.165, 1.54) is 12.8 Å². The second-order valence-corrected chi connectivity index (χ2v) is 6.13. The SMILES string of the molecule is Cc1ncc(CCl)c(OC2CCC(C)(C)CC2)n1. The summed E-state index contributed by atoms with van der Waals surface area (Å²) in [5, 5.41) is 0. The van der Waals surface area contributed by atoms with Crippen molar-refractivity contribution in [1.29, 1.82) is 0 Å². The number of nitrogens with zero attached hydrogens (tertiary/aromatic N) is 2. The fourth-order valence-electron chi connectivity index (χ4n) is 2.32. The molecule has 0 aliphatic heterocycles. The van der Waals surface area contributed by atoms with E-state index in [0.29, 0.717) is 17.2 Å². The largest absolute Gasteiger partial charge is 0.474 e. The van der Waals surface area contributed by atoms with Crippen LogP contribution in [0.2, 0.25) is 0 Å². The predicted octanol–water partition coefficient (Wildman–Crippen LogP) is 3.87. The maximum Gasteiger partial charge on any atom is 0.221 e. The van der Waals surface area contributed by atoms with Crippen molar-refractivity contribution >= 4 is 11.6 Å². The number of rotatable bonds is 3. The van der Waals surface area contributed by atoms with Gasteiger partial charge in [-0.2, -0.15) is 4.98 Å². The smallest absolute Gasteiger partial charge is 0.221 e. The number of hydrogen-bond donors (Lipinski definition) is 0. The Bertz CT molecular complexity index is 410. The number of halogens is 1. The Morgan fingerprint density at radius 3 is 2.67 bits per heavy atom. The maximum absolute atomic E-state index is 6.02.